The van der Waals surface area contributed by atoms with E-state index in [2.05, 4.69) is 5.32 Å². The molecular weight excluding hydrogens is 336 g/mol. The molecule has 1 saturated heterocycles. The van der Waals surface area contributed by atoms with E-state index in [9.17, 15) is 13.2 Å². The second kappa shape index (κ2) is 8.32. The van der Waals surface area contributed by atoms with Gasteiger partial charge in [-0.3, -0.25) is 4.79 Å². The SMILES string of the molecule is O=C(NC1CCCCC1)c1ccc(S(=O)(=O)N2CCCCCC2)cc1. The monoisotopic (exact) mass is 364 g/mol. The van der Waals surface area contributed by atoms with Gasteiger partial charge in [0, 0.05) is 24.7 Å². The van der Waals surface area contributed by atoms with E-state index in [0.717, 1.165) is 51.4 Å². The van der Waals surface area contributed by atoms with Crippen LogP contribution < -0.4 is 5.32 Å². The summed E-state index contributed by atoms with van der Waals surface area (Å²) >= 11 is 0. The minimum Gasteiger partial charge on any atom is -0.349 e. The molecule has 2 aliphatic rings. The van der Waals surface area contributed by atoms with Gasteiger partial charge >= 0.3 is 0 Å². The van der Waals surface area contributed by atoms with Crippen molar-refractivity contribution in [2.24, 2.45) is 0 Å². The molecule has 0 spiro atoms. The Morgan fingerprint density at radius 2 is 1.44 bits per heavy atom. The van der Waals surface area contributed by atoms with Crippen molar-refractivity contribution in [2.45, 2.75) is 68.7 Å². The first-order valence-corrected chi connectivity index (χ1v) is 10.9. The second-order valence-corrected chi connectivity index (χ2v) is 9.09. The maximum absolute atomic E-state index is 12.8. The largest absolute Gasteiger partial charge is 0.349 e. The highest BCUT2D eigenvalue weighted by Crippen LogP contribution is 2.21. The molecule has 3 rings (SSSR count). The first-order chi connectivity index (χ1) is 12.1. The number of carbonyl (C=O) groups excluding carboxylic acids is 1. The number of sulfonamides is 1. The van der Waals surface area contributed by atoms with Gasteiger partial charge in [0.25, 0.3) is 5.91 Å². The second-order valence-electron chi connectivity index (χ2n) is 7.15. The van der Waals surface area contributed by atoms with E-state index >= 15 is 0 Å². The van der Waals surface area contributed by atoms with Gasteiger partial charge in [-0.25, -0.2) is 8.42 Å². The molecule has 1 aliphatic heterocycles. The predicted molar refractivity (Wildman–Crippen MR) is 98.0 cm³/mol. The van der Waals surface area contributed by atoms with Gasteiger partial charge in [-0.2, -0.15) is 4.31 Å². The van der Waals surface area contributed by atoms with Gasteiger partial charge in [0.2, 0.25) is 10.0 Å². The van der Waals surface area contributed by atoms with Crippen molar-refractivity contribution in [1.29, 1.82) is 0 Å². The first kappa shape index (κ1) is 18.4. The lowest BCUT2D eigenvalue weighted by atomic mass is 9.95. The third kappa shape index (κ3) is 4.61. The summed E-state index contributed by atoms with van der Waals surface area (Å²) in [6.45, 7) is 1.18. The van der Waals surface area contributed by atoms with Gasteiger partial charge in [-0.1, -0.05) is 32.1 Å². The molecule has 0 bridgehead atoms. The number of nitrogens with one attached hydrogen (secondary N) is 1. The van der Waals surface area contributed by atoms with E-state index in [4.69, 9.17) is 0 Å². The predicted octanol–water partition coefficient (Wildman–Crippen LogP) is 3.31. The van der Waals surface area contributed by atoms with Crippen molar-refractivity contribution >= 4 is 15.9 Å². The van der Waals surface area contributed by atoms with Crippen LogP contribution in [-0.2, 0) is 10.0 Å². The van der Waals surface area contributed by atoms with Crippen molar-refractivity contribution in [1.82, 2.24) is 9.62 Å². The van der Waals surface area contributed by atoms with Crippen LogP contribution in [0.4, 0.5) is 0 Å². The summed E-state index contributed by atoms with van der Waals surface area (Å²) in [6.07, 6.45) is 9.66. The fourth-order valence-corrected chi connectivity index (χ4v) is 5.24. The Morgan fingerprint density at radius 1 is 0.880 bits per heavy atom. The van der Waals surface area contributed by atoms with Crippen molar-refractivity contribution in [2.75, 3.05) is 13.1 Å². The van der Waals surface area contributed by atoms with Crippen molar-refractivity contribution < 1.29 is 13.2 Å². The van der Waals surface area contributed by atoms with Crippen LogP contribution in [0.3, 0.4) is 0 Å². The molecule has 25 heavy (non-hydrogen) atoms. The highest BCUT2D eigenvalue weighted by atomic mass is 32.2. The van der Waals surface area contributed by atoms with Gasteiger partial charge < -0.3 is 5.32 Å². The van der Waals surface area contributed by atoms with E-state index in [1.165, 1.54) is 6.42 Å². The van der Waals surface area contributed by atoms with Crippen molar-refractivity contribution in [3.8, 4) is 0 Å². The van der Waals surface area contributed by atoms with E-state index in [-0.39, 0.29) is 16.8 Å². The lowest BCUT2D eigenvalue weighted by Gasteiger charge is -2.23. The zero-order valence-electron chi connectivity index (χ0n) is 14.7. The number of benzene rings is 1. The Hall–Kier alpha value is -1.40. The lowest BCUT2D eigenvalue weighted by Crippen LogP contribution is -2.36. The van der Waals surface area contributed by atoms with Gasteiger partial charge in [0.1, 0.15) is 0 Å². The summed E-state index contributed by atoms with van der Waals surface area (Å²) in [5, 5.41) is 3.07. The summed E-state index contributed by atoms with van der Waals surface area (Å²) in [5.74, 6) is -0.106. The zero-order chi connectivity index (χ0) is 17.7. The maximum Gasteiger partial charge on any atom is 0.251 e. The van der Waals surface area contributed by atoms with Crippen LogP contribution in [0.5, 0.6) is 0 Å². The standard InChI is InChI=1S/C19H28N2O3S/c22-19(20-17-8-4-3-5-9-17)16-10-12-18(13-11-16)25(23,24)21-14-6-1-2-7-15-21/h10-13,17H,1-9,14-15H2,(H,20,22). The molecule has 5 nitrogen and oxygen atoms in total. The first-order valence-electron chi connectivity index (χ1n) is 9.48. The number of rotatable bonds is 4. The van der Waals surface area contributed by atoms with Crippen LogP contribution in [0.1, 0.15) is 68.1 Å². The molecule has 1 N–H and O–H groups in total. The van der Waals surface area contributed by atoms with Gasteiger partial charge in [-0.05, 0) is 49.9 Å². The Kier molecular flexibility index (Phi) is 6.12. The van der Waals surface area contributed by atoms with Crippen molar-refractivity contribution in [3.05, 3.63) is 29.8 Å². The van der Waals surface area contributed by atoms with E-state index in [1.807, 2.05) is 0 Å². The smallest absolute Gasteiger partial charge is 0.251 e. The summed E-state index contributed by atoms with van der Waals surface area (Å²) < 4.78 is 27.1. The highest BCUT2D eigenvalue weighted by Gasteiger charge is 2.25. The minimum atomic E-state index is -3.45. The van der Waals surface area contributed by atoms with E-state index in [0.29, 0.717) is 18.7 Å². The molecular formula is C19H28N2O3S. The number of hydrogen-bond donors (Lipinski definition) is 1. The molecule has 138 valence electrons. The summed E-state index contributed by atoms with van der Waals surface area (Å²) in [7, 11) is -3.45. The van der Waals surface area contributed by atoms with Crippen LogP contribution >= 0.6 is 0 Å². The van der Waals surface area contributed by atoms with Gasteiger partial charge in [-0.15, -0.1) is 0 Å². The number of amides is 1. The molecule has 0 aromatic heterocycles. The molecule has 1 heterocycles. The summed E-state index contributed by atoms with van der Waals surface area (Å²) in [5.41, 5.74) is 0.528. The molecule has 1 saturated carbocycles. The lowest BCUT2D eigenvalue weighted by molar-refractivity contribution is 0.0927. The Bertz CT molecular complexity index is 671. The van der Waals surface area contributed by atoms with Crippen molar-refractivity contribution in [3.63, 3.8) is 0 Å². The number of hydrogen-bond acceptors (Lipinski definition) is 3. The van der Waals surface area contributed by atoms with Gasteiger partial charge in [0.15, 0.2) is 0 Å². The van der Waals surface area contributed by atoms with Crippen LogP contribution in [0.2, 0.25) is 0 Å². The molecule has 1 amide bonds. The molecule has 2 fully saturated rings. The number of nitrogens with zero attached hydrogens (tertiary/aromatic N) is 1. The van der Waals surface area contributed by atoms with E-state index in [1.54, 1.807) is 28.6 Å². The molecule has 1 aliphatic carbocycles. The number of carbonyl (C=O) groups is 1. The van der Waals surface area contributed by atoms with Crippen LogP contribution in [0.25, 0.3) is 0 Å². The van der Waals surface area contributed by atoms with Gasteiger partial charge in [0.05, 0.1) is 4.90 Å². The summed E-state index contributed by atoms with van der Waals surface area (Å²) in [4.78, 5) is 12.6. The Labute approximate surface area is 150 Å². The third-order valence-corrected chi connectivity index (χ3v) is 7.17. The molecule has 1 aromatic rings. The summed E-state index contributed by atoms with van der Waals surface area (Å²) in [6, 6.07) is 6.64. The molecule has 1 aromatic carbocycles. The Morgan fingerprint density at radius 3 is 2.04 bits per heavy atom. The van der Waals surface area contributed by atoms with Crippen LogP contribution in [0.15, 0.2) is 29.2 Å². The fraction of sp³-hybridized carbons (Fsp3) is 0.632. The zero-order valence-corrected chi connectivity index (χ0v) is 15.6. The van der Waals surface area contributed by atoms with Crippen LogP contribution in [-0.4, -0.2) is 37.8 Å². The Balaban J connectivity index is 1.67. The fourth-order valence-electron chi connectivity index (χ4n) is 3.73. The molecule has 0 radical (unpaired) electrons. The average molecular weight is 365 g/mol. The molecule has 6 heteroatoms. The quantitative estimate of drug-likeness (QED) is 0.891. The highest BCUT2D eigenvalue weighted by molar-refractivity contribution is 7.89. The normalized spacial score (nSPS) is 20.8. The van der Waals surface area contributed by atoms with Crippen LogP contribution in [0, 0.1) is 0 Å². The topological polar surface area (TPSA) is 66.5 Å². The molecule has 0 unspecified atom stereocenters. The third-order valence-electron chi connectivity index (χ3n) is 5.26. The molecule has 0 atom stereocenters. The average Bonchev–Trinajstić information content (AvgIpc) is 2.93. The van der Waals surface area contributed by atoms with E-state index < -0.39 is 10.0 Å². The maximum atomic E-state index is 12.8. The minimum absolute atomic E-state index is 0.106.